The molecule has 0 amide bonds. The van der Waals surface area contributed by atoms with Crippen molar-refractivity contribution in [3.63, 3.8) is 0 Å². The minimum Gasteiger partial charge on any atom is -0.455 e. The van der Waals surface area contributed by atoms with Crippen LogP contribution in [-0.4, -0.2) is 0 Å². The van der Waals surface area contributed by atoms with Crippen LogP contribution in [-0.2, 0) is 0 Å². The summed E-state index contributed by atoms with van der Waals surface area (Å²) in [5, 5.41) is 10.9. The summed E-state index contributed by atoms with van der Waals surface area (Å²) in [5.74, 6) is 0.977. The SMILES string of the molecule is c1cc2c3c(cc(-c4ccc5c(c4)oc4c6ccccc6c6ccccc6c54)cc3c1)-c1c-2oc2ccccc12. The molecule has 0 spiro atoms. The van der Waals surface area contributed by atoms with Crippen LogP contribution in [0.2, 0.25) is 0 Å². The summed E-state index contributed by atoms with van der Waals surface area (Å²) in [6, 6.07) is 43.4. The number of hydrogen-bond acceptors (Lipinski definition) is 2. The monoisotopic (exact) mass is 508 g/mol. The summed E-state index contributed by atoms with van der Waals surface area (Å²) in [6.45, 7) is 0. The van der Waals surface area contributed by atoms with Gasteiger partial charge in [0.15, 0.2) is 0 Å². The lowest BCUT2D eigenvalue weighted by atomic mass is 9.94. The second-order valence-corrected chi connectivity index (χ2v) is 10.8. The third-order valence-corrected chi connectivity index (χ3v) is 8.77. The van der Waals surface area contributed by atoms with Crippen LogP contribution in [0.4, 0.5) is 0 Å². The third-order valence-electron chi connectivity index (χ3n) is 8.77. The molecule has 0 saturated heterocycles. The first-order chi connectivity index (χ1) is 19.8. The molecule has 10 rings (SSSR count). The summed E-state index contributed by atoms with van der Waals surface area (Å²) in [5.41, 5.74) is 8.74. The molecule has 0 saturated carbocycles. The van der Waals surface area contributed by atoms with Gasteiger partial charge < -0.3 is 8.83 Å². The van der Waals surface area contributed by atoms with Crippen LogP contribution < -0.4 is 0 Å². The summed E-state index contributed by atoms with van der Waals surface area (Å²) in [7, 11) is 0. The molecular weight excluding hydrogens is 488 g/mol. The van der Waals surface area contributed by atoms with Crippen molar-refractivity contribution in [2.45, 2.75) is 0 Å². The predicted octanol–water partition coefficient (Wildman–Crippen LogP) is 11.1. The van der Waals surface area contributed by atoms with E-state index in [1.807, 2.05) is 6.07 Å². The fraction of sp³-hybridized carbons (Fsp3) is 0. The van der Waals surface area contributed by atoms with E-state index in [0.29, 0.717) is 0 Å². The fourth-order valence-electron chi connectivity index (χ4n) is 7.07. The lowest BCUT2D eigenvalue weighted by molar-refractivity contribution is 0.634. The molecule has 2 heterocycles. The Hall–Kier alpha value is -5.34. The molecule has 0 fully saturated rings. The zero-order valence-electron chi connectivity index (χ0n) is 21.4. The Morgan fingerprint density at radius 3 is 2.02 bits per heavy atom. The summed E-state index contributed by atoms with van der Waals surface area (Å²) in [4.78, 5) is 0. The highest BCUT2D eigenvalue weighted by Crippen LogP contribution is 2.53. The second kappa shape index (κ2) is 7.19. The molecule has 2 aromatic heterocycles. The highest BCUT2D eigenvalue weighted by atomic mass is 16.3. The van der Waals surface area contributed by atoms with Crippen LogP contribution in [0.25, 0.3) is 98.8 Å². The van der Waals surface area contributed by atoms with E-state index in [0.717, 1.165) is 38.8 Å². The molecule has 0 radical (unpaired) electrons. The number of furan rings is 2. The van der Waals surface area contributed by atoms with Gasteiger partial charge >= 0.3 is 0 Å². The lowest BCUT2D eigenvalue weighted by Crippen LogP contribution is -1.83. The predicted molar refractivity (Wildman–Crippen MR) is 166 cm³/mol. The number of rotatable bonds is 1. The van der Waals surface area contributed by atoms with E-state index >= 15 is 0 Å². The van der Waals surface area contributed by atoms with E-state index in [1.54, 1.807) is 0 Å². The molecule has 1 aliphatic rings. The quantitative estimate of drug-likeness (QED) is 0.206. The Morgan fingerprint density at radius 1 is 0.400 bits per heavy atom. The average molecular weight is 509 g/mol. The van der Waals surface area contributed by atoms with Gasteiger partial charge in [-0.2, -0.15) is 0 Å². The van der Waals surface area contributed by atoms with Crippen molar-refractivity contribution in [3.8, 4) is 33.6 Å². The Morgan fingerprint density at radius 2 is 1.15 bits per heavy atom. The standard InChI is InChI=1S/C38H20O2/c1-3-11-26-24(9-1)25-10-2-4-12-27(25)37-35(26)29-17-16-21(20-33(29)40-37)23-18-22-8-7-14-30-34(22)31(19-23)36-28-13-5-6-15-32(28)39-38(30)36/h1-20H. The van der Waals surface area contributed by atoms with Gasteiger partial charge in [0.2, 0.25) is 0 Å². The minimum atomic E-state index is 0.911. The van der Waals surface area contributed by atoms with Crippen LogP contribution in [0.15, 0.2) is 130 Å². The first kappa shape index (κ1) is 20.6. The van der Waals surface area contributed by atoms with Gasteiger partial charge in [0, 0.05) is 38.1 Å². The smallest absolute Gasteiger partial charge is 0.143 e. The molecular formula is C38H20O2. The zero-order valence-corrected chi connectivity index (χ0v) is 21.4. The molecule has 0 aliphatic heterocycles. The van der Waals surface area contributed by atoms with Crippen LogP contribution in [0, 0.1) is 0 Å². The molecule has 0 N–H and O–H groups in total. The van der Waals surface area contributed by atoms with Crippen molar-refractivity contribution in [2.75, 3.05) is 0 Å². The first-order valence-electron chi connectivity index (χ1n) is 13.7. The van der Waals surface area contributed by atoms with Gasteiger partial charge in [-0.25, -0.2) is 0 Å². The van der Waals surface area contributed by atoms with Gasteiger partial charge in [0.05, 0.1) is 0 Å². The maximum atomic E-state index is 6.68. The Kier molecular flexibility index (Phi) is 3.70. The molecule has 9 aromatic rings. The number of benzene rings is 7. The van der Waals surface area contributed by atoms with E-state index in [-0.39, 0.29) is 0 Å². The van der Waals surface area contributed by atoms with Crippen molar-refractivity contribution in [2.24, 2.45) is 0 Å². The van der Waals surface area contributed by atoms with Crippen LogP contribution in [0.1, 0.15) is 0 Å². The highest BCUT2D eigenvalue weighted by Gasteiger charge is 2.28. The van der Waals surface area contributed by atoms with Crippen molar-refractivity contribution < 1.29 is 8.83 Å². The van der Waals surface area contributed by atoms with Gasteiger partial charge in [-0.3, -0.25) is 0 Å². The van der Waals surface area contributed by atoms with Gasteiger partial charge in [0.1, 0.15) is 22.5 Å². The zero-order chi connectivity index (χ0) is 25.9. The Labute approximate surface area is 228 Å². The van der Waals surface area contributed by atoms with Crippen LogP contribution >= 0.6 is 0 Å². The van der Waals surface area contributed by atoms with E-state index in [1.165, 1.54) is 60.0 Å². The Bertz CT molecular complexity index is 2540. The molecule has 1 aliphatic carbocycles. The maximum absolute atomic E-state index is 6.68. The largest absolute Gasteiger partial charge is 0.455 e. The molecule has 2 heteroatoms. The molecule has 0 unspecified atom stereocenters. The summed E-state index contributed by atoms with van der Waals surface area (Å²) < 4.78 is 13.1. The molecule has 0 bridgehead atoms. The number of hydrogen-bond donors (Lipinski definition) is 0. The number of fused-ring (bicyclic) bond motifs is 13. The van der Waals surface area contributed by atoms with Crippen molar-refractivity contribution in [1.82, 2.24) is 0 Å². The fourth-order valence-corrected chi connectivity index (χ4v) is 7.07. The molecule has 0 atom stereocenters. The lowest BCUT2D eigenvalue weighted by Gasteiger charge is -2.08. The Balaban J connectivity index is 1.26. The molecule has 40 heavy (non-hydrogen) atoms. The molecule has 2 nitrogen and oxygen atoms in total. The van der Waals surface area contributed by atoms with Crippen molar-refractivity contribution >= 4 is 65.2 Å². The van der Waals surface area contributed by atoms with Gasteiger partial charge in [-0.05, 0) is 68.6 Å². The highest BCUT2D eigenvalue weighted by molar-refractivity contribution is 6.30. The van der Waals surface area contributed by atoms with E-state index in [9.17, 15) is 0 Å². The number of para-hydroxylation sites is 1. The summed E-state index contributed by atoms with van der Waals surface area (Å²) in [6.07, 6.45) is 0. The third kappa shape index (κ3) is 2.49. The van der Waals surface area contributed by atoms with E-state index < -0.39 is 0 Å². The van der Waals surface area contributed by atoms with E-state index in [2.05, 4.69) is 115 Å². The molecule has 184 valence electrons. The van der Waals surface area contributed by atoms with Crippen LogP contribution in [0.3, 0.4) is 0 Å². The van der Waals surface area contributed by atoms with Crippen molar-refractivity contribution in [1.29, 1.82) is 0 Å². The normalized spacial score (nSPS) is 12.5. The first-order valence-corrected chi connectivity index (χ1v) is 13.7. The van der Waals surface area contributed by atoms with Gasteiger partial charge in [0.25, 0.3) is 0 Å². The maximum Gasteiger partial charge on any atom is 0.143 e. The van der Waals surface area contributed by atoms with Crippen LogP contribution in [0.5, 0.6) is 0 Å². The minimum absolute atomic E-state index is 0.911. The molecule has 7 aromatic carbocycles. The van der Waals surface area contributed by atoms with E-state index in [4.69, 9.17) is 8.83 Å². The van der Waals surface area contributed by atoms with Crippen molar-refractivity contribution in [3.05, 3.63) is 121 Å². The topological polar surface area (TPSA) is 26.3 Å². The average Bonchev–Trinajstić information content (AvgIpc) is 3.68. The second-order valence-electron chi connectivity index (χ2n) is 10.8. The van der Waals surface area contributed by atoms with Gasteiger partial charge in [-0.1, -0.05) is 91.0 Å². The summed E-state index contributed by atoms with van der Waals surface area (Å²) >= 11 is 0. The van der Waals surface area contributed by atoms with Gasteiger partial charge in [-0.15, -0.1) is 0 Å².